The van der Waals surface area contributed by atoms with Crippen molar-refractivity contribution in [2.75, 3.05) is 0 Å². The number of nitrogens with two attached hydrogens (primary N) is 1. The summed E-state index contributed by atoms with van der Waals surface area (Å²) in [7, 11) is 0. The van der Waals surface area contributed by atoms with Crippen molar-refractivity contribution in [1.82, 2.24) is 0 Å². The van der Waals surface area contributed by atoms with Crippen molar-refractivity contribution in [3.8, 4) is 0 Å². The van der Waals surface area contributed by atoms with Crippen molar-refractivity contribution in [1.29, 1.82) is 0 Å². The molecule has 0 saturated carbocycles. The Balaban J connectivity index is 2.56. The van der Waals surface area contributed by atoms with E-state index >= 15 is 0 Å². The summed E-state index contributed by atoms with van der Waals surface area (Å²) >= 11 is 1.40. The number of fused-ring (bicyclic) bond motifs is 1. The number of allylic oxidation sites excluding steroid dienone is 4. The lowest BCUT2D eigenvalue weighted by Gasteiger charge is -2.25. The van der Waals surface area contributed by atoms with Crippen LogP contribution in [0.4, 0.5) is 0 Å². The standard InChI is InChI=1S/C10H11NO2S/c1-2-10(11)8(9(12)13)6-4-3-5-7(6)14-10/h3-5H,2,11H2,1H3,(H,12,13)/p-1. The highest BCUT2D eigenvalue weighted by Crippen LogP contribution is 2.50. The van der Waals surface area contributed by atoms with Gasteiger partial charge in [0.15, 0.2) is 0 Å². The number of carbonyl (C=O) groups excluding carboxylic acids is 1. The zero-order valence-electron chi connectivity index (χ0n) is 7.74. The van der Waals surface area contributed by atoms with Crippen molar-refractivity contribution < 1.29 is 9.90 Å². The highest BCUT2D eigenvalue weighted by Gasteiger charge is 2.40. The molecule has 0 amide bonds. The number of rotatable bonds is 2. The molecule has 0 spiro atoms. The molecule has 0 aromatic carbocycles. The van der Waals surface area contributed by atoms with Crippen LogP contribution in [0.2, 0.25) is 0 Å². The van der Waals surface area contributed by atoms with Crippen LogP contribution < -0.4 is 10.8 Å². The first kappa shape index (κ1) is 9.55. The molecule has 1 aliphatic carbocycles. The minimum atomic E-state index is -1.16. The van der Waals surface area contributed by atoms with Gasteiger partial charge >= 0.3 is 0 Å². The molecule has 0 bridgehead atoms. The van der Waals surface area contributed by atoms with Gasteiger partial charge in [-0.25, -0.2) is 0 Å². The van der Waals surface area contributed by atoms with E-state index in [0.717, 1.165) is 10.5 Å². The molecular weight excluding hydrogens is 198 g/mol. The molecule has 3 nitrogen and oxygen atoms in total. The number of carboxylic acid groups (broad SMARTS) is 1. The highest BCUT2D eigenvalue weighted by atomic mass is 32.2. The van der Waals surface area contributed by atoms with Crippen LogP contribution in [0.5, 0.6) is 0 Å². The minimum absolute atomic E-state index is 0.227. The van der Waals surface area contributed by atoms with Crippen LogP contribution in [0.3, 0.4) is 0 Å². The Morgan fingerprint density at radius 3 is 3.00 bits per heavy atom. The Kier molecular flexibility index (Phi) is 2.05. The molecule has 1 heterocycles. The summed E-state index contributed by atoms with van der Waals surface area (Å²) in [6.45, 7) is 1.88. The Morgan fingerprint density at radius 2 is 2.43 bits per heavy atom. The van der Waals surface area contributed by atoms with E-state index in [1.54, 1.807) is 6.08 Å². The Morgan fingerprint density at radius 1 is 1.71 bits per heavy atom. The molecule has 74 valence electrons. The van der Waals surface area contributed by atoms with Gasteiger partial charge in [0.2, 0.25) is 0 Å². The van der Waals surface area contributed by atoms with Crippen LogP contribution in [0, 0.1) is 0 Å². The first-order valence-corrected chi connectivity index (χ1v) is 5.23. The van der Waals surface area contributed by atoms with Crippen LogP contribution in [-0.2, 0) is 4.79 Å². The fourth-order valence-electron chi connectivity index (χ4n) is 1.71. The molecule has 1 unspecified atom stereocenters. The van der Waals surface area contributed by atoms with E-state index in [1.807, 2.05) is 19.1 Å². The zero-order chi connectivity index (χ0) is 10.3. The molecule has 4 heteroatoms. The lowest BCUT2D eigenvalue weighted by molar-refractivity contribution is -0.299. The smallest absolute Gasteiger partial charge is 0.0944 e. The van der Waals surface area contributed by atoms with Crippen LogP contribution in [0.15, 0.2) is 34.3 Å². The summed E-state index contributed by atoms with van der Waals surface area (Å²) in [5.74, 6) is -1.16. The monoisotopic (exact) mass is 208 g/mol. The van der Waals surface area contributed by atoms with Crippen molar-refractivity contribution in [2.24, 2.45) is 5.73 Å². The van der Waals surface area contributed by atoms with E-state index in [2.05, 4.69) is 0 Å². The third kappa shape index (κ3) is 1.14. The maximum absolute atomic E-state index is 11.0. The molecule has 0 aromatic heterocycles. The van der Waals surface area contributed by atoms with Gasteiger partial charge < -0.3 is 15.6 Å². The second-order valence-electron chi connectivity index (χ2n) is 3.31. The number of hydrogen-bond acceptors (Lipinski definition) is 4. The van der Waals surface area contributed by atoms with Crippen LogP contribution in [0.25, 0.3) is 0 Å². The largest absolute Gasteiger partial charge is 0.545 e. The number of thioether (sulfide) groups is 1. The summed E-state index contributed by atoms with van der Waals surface area (Å²) in [5.41, 5.74) is 6.95. The molecule has 1 aliphatic heterocycles. The fourth-order valence-corrected chi connectivity index (χ4v) is 2.96. The second kappa shape index (κ2) is 3.00. The number of aliphatic carboxylic acids is 1. The summed E-state index contributed by atoms with van der Waals surface area (Å²) in [5, 5.41) is 11.0. The third-order valence-corrected chi connectivity index (χ3v) is 3.92. The minimum Gasteiger partial charge on any atom is -0.545 e. The van der Waals surface area contributed by atoms with E-state index < -0.39 is 10.8 Å². The molecule has 0 saturated heterocycles. The molecule has 0 fully saturated rings. The first-order chi connectivity index (χ1) is 6.58. The molecule has 2 N–H and O–H groups in total. The maximum Gasteiger partial charge on any atom is 0.0944 e. The number of carbonyl (C=O) groups is 1. The molecular formula is C10H10NO2S-. The van der Waals surface area contributed by atoms with Gasteiger partial charge in [-0.15, -0.1) is 0 Å². The normalized spacial score (nSPS) is 29.4. The van der Waals surface area contributed by atoms with Crippen molar-refractivity contribution >= 4 is 17.7 Å². The summed E-state index contributed by atoms with van der Waals surface area (Å²) in [4.78, 5) is 11.1. The van der Waals surface area contributed by atoms with Gasteiger partial charge in [-0.3, -0.25) is 0 Å². The fraction of sp³-hybridized carbons (Fsp3) is 0.300. The van der Waals surface area contributed by atoms with Crippen molar-refractivity contribution in [2.45, 2.75) is 18.2 Å². The Hall–Kier alpha value is -1.00. The molecule has 14 heavy (non-hydrogen) atoms. The average molecular weight is 208 g/mol. The van der Waals surface area contributed by atoms with Crippen molar-refractivity contribution in [3.05, 3.63) is 34.3 Å². The van der Waals surface area contributed by atoms with Gasteiger partial charge in [-0.05, 0) is 18.1 Å². The molecule has 1 atom stereocenters. The van der Waals surface area contributed by atoms with E-state index in [9.17, 15) is 9.90 Å². The molecule has 0 aromatic rings. The van der Waals surface area contributed by atoms with Gasteiger partial charge in [0.1, 0.15) is 0 Å². The van der Waals surface area contributed by atoms with Gasteiger partial charge in [0, 0.05) is 10.5 Å². The zero-order valence-corrected chi connectivity index (χ0v) is 8.56. The van der Waals surface area contributed by atoms with E-state index in [0.29, 0.717) is 6.42 Å². The van der Waals surface area contributed by atoms with Crippen LogP contribution in [-0.4, -0.2) is 10.8 Å². The molecule has 2 aliphatic rings. The van der Waals surface area contributed by atoms with Gasteiger partial charge in [-0.2, -0.15) is 0 Å². The SMILES string of the molecule is CCC1(N)SC2=CC=CC2=C1C(=O)[O-]. The quantitative estimate of drug-likeness (QED) is 0.708. The van der Waals surface area contributed by atoms with Gasteiger partial charge in [0.25, 0.3) is 0 Å². The number of carboxylic acids is 1. The lowest BCUT2D eigenvalue weighted by atomic mass is 10.00. The average Bonchev–Trinajstić information content (AvgIpc) is 2.61. The lowest BCUT2D eigenvalue weighted by Crippen LogP contribution is -2.43. The van der Waals surface area contributed by atoms with Gasteiger partial charge in [0.05, 0.1) is 10.8 Å². The van der Waals surface area contributed by atoms with Crippen LogP contribution >= 0.6 is 11.8 Å². The van der Waals surface area contributed by atoms with E-state index in [-0.39, 0.29) is 5.57 Å². The van der Waals surface area contributed by atoms with Crippen molar-refractivity contribution in [3.63, 3.8) is 0 Å². The number of hydrogen-bond donors (Lipinski definition) is 1. The highest BCUT2D eigenvalue weighted by molar-refractivity contribution is 8.05. The van der Waals surface area contributed by atoms with Gasteiger partial charge in [-0.1, -0.05) is 30.8 Å². The van der Waals surface area contributed by atoms with E-state index in [1.165, 1.54) is 11.8 Å². The second-order valence-corrected chi connectivity index (χ2v) is 4.68. The van der Waals surface area contributed by atoms with Crippen LogP contribution in [0.1, 0.15) is 13.3 Å². The Bertz CT molecular complexity index is 395. The maximum atomic E-state index is 11.0. The molecule has 2 rings (SSSR count). The third-order valence-electron chi connectivity index (χ3n) is 2.49. The molecule has 0 radical (unpaired) electrons. The first-order valence-electron chi connectivity index (χ1n) is 4.41. The predicted octanol–water partition coefficient (Wildman–Crippen LogP) is 0.298. The topological polar surface area (TPSA) is 66.2 Å². The summed E-state index contributed by atoms with van der Waals surface area (Å²) in [6.07, 6.45) is 6.07. The summed E-state index contributed by atoms with van der Waals surface area (Å²) in [6, 6.07) is 0. The Labute approximate surface area is 86.4 Å². The predicted molar refractivity (Wildman–Crippen MR) is 54.1 cm³/mol. The van der Waals surface area contributed by atoms with E-state index in [4.69, 9.17) is 5.73 Å². The summed E-state index contributed by atoms with van der Waals surface area (Å²) < 4.78 is 0.